The minimum Gasteiger partial charge on any atom is -0.508 e. The predicted octanol–water partition coefficient (Wildman–Crippen LogP) is 2.34. The highest BCUT2D eigenvalue weighted by atomic mass is 16.3. The number of hydrogen-bond acceptors (Lipinski definition) is 4. The molecule has 0 saturated carbocycles. The van der Waals surface area contributed by atoms with Crippen LogP contribution in [0.15, 0.2) is 27.7 Å². The SMILES string of the molecule is Cc1c(/C=N/N(C)C)oc2ccc(O)cc12. The molecule has 0 spiro atoms. The maximum atomic E-state index is 9.40. The van der Waals surface area contributed by atoms with Gasteiger partial charge >= 0.3 is 0 Å². The molecule has 0 saturated heterocycles. The maximum Gasteiger partial charge on any atom is 0.151 e. The number of aromatic hydroxyl groups is 1. The molecule has 0 fully saturated rings. The van der Waals surface area contributed by atoms with Crippen LogP contribution < -0.4 is 0 Å². The van der Waals surface area contributed by atoms with Crippen molar-refractivity contribution in [2.24, 2.45) is 5.10 Å². The lowest BCUT2D eigenvalue weighted by Crippen LogP contribution is -2.01. The van der Waals surface area contributed by atoms with Crippen LogP contribution in [0.1, 0.15) is 11.3 Å². The molecular formula is C12H14N2O2. The highest BCUT2D eigenvalue weighted by Crippen LogP contribution is 2.27. The normalized spacial score (nSPS) is 11.4. The van der Waals surface area contributed by atoms with Gasteiger partial charge in [0.05, 0.1) is 6.21 Å². The quantitative estimate of drug-likeness (QED) is 0.621. The summed E-state index contributed by atoms with van der Waals surface area (Å²) in [7, 11) is 3.70. The van der Waals surface area contributed by atoms with Crippen LogP contribution in [0.2, 0.25) is 0 Å². The zero-order valence-electron chi connectivity index (χ0n) is 9.56. The van der Waals surface area contributed by atoms with E-state index in [9.17, 15) is 5.11 Å². The standard InChI is InChI=1S/C12H14N2O2/c1-8-10-6-9(15)4-5-11(10)16-12(8)7-13-14(2)3/h4-7,15H,1-3H3/b13-7+. The molecule has 0 aliphatic carbocycles. The van der Waals surface area contributed by atoms with Gasteiger partial charge in [0.15, 0.2) is 5.76 Å². The molecular weight excluding hydrogens is 204 g/mol. The number of furan rings is 1. The van der Waals surface area contributed by atoms with E-state index in [1.54, 1.807) is 29.4 Å². The Balaban J connectivity index is 2.52. The molecule has 0 aliphatic rings. The van der Waals surface area contributed by atoms with Crippen LogP contribution in [0.4, 0.5) is 0 Å². The third-order valence-electron chi connectivity index (χ3n) is 2.36. The molecule has 0 aliphatic heterocycles. The summed E-state index contributed by atoms with van der Waals surface area (Å²) in [5.74, 6) is 0.960. The van der Waals surface area contributed by atoms with Crippen molar-refractivity contribution in [2.45, 2.75) is 6.92 Å². The average Bonchev–Trinajstić information content (AvgIpc) is 2.53. The van der Waals surface area contributed by atoms with Gasteiger partial charge in [-0.3, -0.25) is 0 Å². The molecule has 1 aromatic carbocycles. The van der Waals surface area contributed by atoms with Crippen LogP contribution in [0.5, 0.6) is 5.75 Å². The van der Waals surface area contributed by atoms with Crippen molar-refractivity contribution < 1.29 is 9.52 Å². The number of hydrazone groups is 1. The Morgan fingerprint density at radius 1 is 1.38 bits per heavy atom. The molecule has 1 heterocycles. The van der Waals surface area contributed by atoms with Crippen molar-refractivity contribution in [1.82, 2.24) is 5.01 Å². The fraction of sp³-hybridized carbons (Fsp3) is 0.250. The van der Waals surface area contributed by atoms with Gasteiger partial charge in [-0.25, -0.2) is 0 Å². The van der Waals surface area contributed by atoms with Gasteiger partial charge in [-0.15, -0.1) is 0 Å². The van der Waals surface area contributed by atoms with Gasteiger partial charge < -0.3 is 14.5 Å². The zero-order chi connectivity index (χ0) is 11.7. The van der Waals surface area contributed by atoms with Gasteiger partial charge in [0.25, 0.3) is 0 Å². The molecule has 16 heavy (non-hydrogen) atoms. The zero-order valence-corrected chi connectivity index (χ0v) is 9.56. The molecule has 84 valence electrons. The Morgan fingerprint density at radius 2 is 2.12 bits per heavy atom. The molecule has 1 aromatic heterocycles. The number of nitrogens with zero attached hydrogens (tertiary/aromatic N) is 2. The van der Waals surface area contributed by atoms with Gasteiger partial charge in [0.1, 0.15) is 11.3 Å². The molecule has 4 nitrogen and oxygen atoms in total. The van der Waals surface area contributed by atoms with Crippen LogP contribution in [-0.4, -0.2) is 30.4 Å². The maximum absolute atomic E-state index is 9.40. The number of rotatable bonds is 2. The van der Waals surface area contributed by atoms with Gasteiger partial charge in [-0.2, -0.15) is 5.10 Å². The highest BCUT2D eigenvalue weighted by Gasteiger charge is 2.08. The lowest BCUT2D eigenvalue weighted by molar-refractivity contribution is 0.438. The first-order valence-electron chi connectivity index (χ1n) is 5.01. The molecule has 0 atom stereocenters. The van der Waals surface area contributed by atoms with Crippen molar-refractivity contribution in [1.29, 1.82) is 0 Å². The summed E-state index contributed by atoms with van der Waals surface area (Å²) in [6, 6.07) is 5.06. The van der Waals surface area contributed by atoms with Crippen molar-refractivity contribution in [2.75, 3.05) is 14.1 Å². The predicted molar refractivity (Wildman–Crippen MR) is 63.9 cm³/mol. The first-order chi connectivity index (χ1) is 7.58. The minimum absolute atomic E-state index is 0.243. The summed E-state index contributed by atoms with van der Waals surface area (Å²) < 4.78 is 5.62. The number of phenols is 1. The van der Waals surface area contributed by atoms with E-state index in [0.717, 1.165) is 16.5 Å². The first-order valence-corrected chi connectivity index (χ1v) is 5.01. The fourth-order valence-corrected chi connectivity index (χ4v) is 1.52. The molecule has 1 N–H and O–H groups in total. The second-order valence-electron chi connectivity index (χ2n) is 3.86. The van der Waals surface area contributed by atoms with E-state index in [2.05, 4.69) is 5.10 Å². The summed E-state index contributed by atoms with van der Waals surface area (Å²) >= 11 is 0. The van der Waals surface area contributed by atoms with Gasteiger partial charge in [-0.1, -0.05) is 0 Å². The number of fused-ring (bicyclic) bond motifs is 1. The fourth-order valence-electron chi connectivity index (χ4n) is 1.52. The van der Waals surface area contributed by atoms with E-state index < -0.39 is 0 Å². The molecule has 2 rings (SSSR count). The molecule has 2 aromatic rings. The Labute approximate surface area is 93.8 Å². The van der Waals surface area contributed by atoms with Gasteiger partial charge in [-0.05, 0) is 25.1 Å². The summed E-state index contributed by atoms with van der Waals surface area (Å²) in [6.45, 7) is 1.95. The molecule has 0 bridgehead atoms. The number of hydrogen-bond donors (Lipinski definition) is 1. The van der Waals surface area contributed by atoms with E-state index in [1.165, 1.54) is 0 Å². The monoisotopic (exact) mass is 218 g/mol. The average molecular weight is 218 g/mol. The topological polar surface area (TPSA) is 49.0 Å². The second-order valence-corrected chi connectivity index (χ2v) is 3.86. The van der Waals surface area contributed by atoms with Gasteiger partial charge in [0, 0.05) is 25.0 Å². The first kappa shape index (κ1) is 10.5. The molecule has 0 amide bonds. The third kappa shape index (κ3) is 1.86. The van der Waals surface area contributed by atoms with Crippen LogP contribution in [-0.2, 0) is 0 Å². The lowest BCUT2D eigenvalue weighted by atomic mass is 10.1. The number of phenolic OH excluding ortho intramolecular Hbond substituents is 1. The van der Waals surface area contributed by atoms with E-state index >= 15 is 0 Å². The highest BCUT2D eigenvalue weighted by molar-refractivity contribution is 5.91. The summed E-state index contributed by atoms with van der Waals surface area (Å²) in [6.07, 6.45) is 1.67. The van der Waals surface area contributed by atoms with Crippen molar-refractivity contribution >= 4 is 17.2 Å². The second kappa shape index (κ2) is 3.89. The van der Waals surface area contributed by atoms with Crippen molar-refractivity contribution in [3.63, 3.8) is 0 Å². The summed E-state index contributed by atoms with van der Waals surface area (Å²) in [4.78, 5) is 0. The van der Waals surface area contributed by atoms with Crippen molar-refractivity contribution in [3.05, 3.63) is 29.5 Å². The van der Waals surface area contributed by atoms with E-state index in [-0.39, 0.29) is 5.75 Å². The molecule has 4 heteroatoms. The number of benzene rings is 1. The Bertz CT molecular complexity index is 541. The summed E-state index contributed by atoms with van der Waals surface area (Å²) in [5.41, 5.74) is 1.74. The van der Waals surface area contributed by atoms with Crippen LogP contribution in [0, 0.1) is 6.92 Å². The van der Waals surface area contributed by atoms with Crippen LogP contribution in [0.3, 0.4) is 0 Å². The van der Waals surface area contributed by atoms with Crippen molar-refractivity contribution in [3.8, 4) is 5.75 Å². The van der Waals surface area contributed by atoms with E-state index in [4.69, 9.17) is 4.42 Å². The Hall–Kier alpha value is -1.97. The van der Waals surface area contributed by atoms with E-state index in [0.29, 0.717) is 5.76 Å². The Morgan fingerprint density at radius 3 is 2.81 bits per heavy atom. The van der Waals surface area contributed by atoms with Crippen LogP contribution in [0.25, 0.3) is 11.0 Å². The minimum atomic E-state index is 0.243. The van der Waals surface area contributed by atoms with Crippen LogP contribution >= 0.6 is 0 Å². The third-order valence-corrected chi connectivity index (χ3v) is 2.36. The smallest absolute Gasteiger partial charge is 0.151 e. The Kier molecular flexibility index (Phi) is 2.56. The summed E-state index contributed by atoms with van der Waals surface area (Å²) in [5, 5.41) is 16.1. The molecule has 0 unspecified atom stereocenters. The number of aryl methyl sites for hydroxylation is 1. The molecule has 0 radical (unpaired) electrons. The van der Waals surface area contributed by atoms with E-state index in [1.807, 2.05) is 21.0 Å². The largest absolute Gasteiger partial charge is 0.508 e. The van der Waals surface area contributed by atoms with Gasteiger partial charge in [0.2, 0.25) is 0 Å². The lowest BCUT2D eigenvalue weighted by Gasteiger charge is -2.00.